The largest absolute Gasteiger partial charge is 0.0958 e. The molecule has 0 unspecified atom stereocenters. The summed E-state index contributed by atoms with van der Waals surface area (Å²) in [5.41, 5.74) is 4.42. The summed E-state index contributed by atoms with van der Waals surface area (Å²) in [6, 6.07) is 0. The highest BCUT2D eigenvalue weighted by molar-refractivity contribution is 5.42. The summed E-state index contributed by atoms with van der Waals surface area (Å²) in [5.74, 6) is 0. The van der Waals surface area contributed by atoms with Gasteiger partial charge in [-0.3, -0.25) is 0 Å². The van der Waals surface area contributed by atoms with Gasteiger partial charge in [-0.05, 0) is 24.3 Å². The van der Waals surface area contributed by atoms with Gasteiger partial charge in [0.1, 0.15) is 0 Å². The second-order valence-corrected chi connectivity index (χ2v) is 4.59. The quantitative estimate of drug-likeness (QED) is 0.549. The van der Waals surface area contributed by atoms with Crippen LogP contribution >= 0.6 is 0 Å². The normalized spacial score (nSPS) is 17.3. The second kappa shape index (κ2) is 2.93. The van der Waals surface area contributed by atoms with Crippen molar-refractivity contribution in [2.75, 3.05) is 0 Å². The van der Waals surface area contributed by atoms with E-state index in [0.717, 1.165) is 6.42 Å². The van der Waals surface area contributed by atoms with Crippen LogP contribution in [0.3, 0.4) is 0 Å². The van der Waals surface area contributed by atoms with E-state index in [1.54, 1.807) is 0 Å². The van der Waals surface area contributed by atoms with E-state index in [1.165, 1.54) is 16.7 Å². The summed E-state index contributed by atoms with van der Waals surface area (Å²) >= 11 is 0. The van der Waals surface area contributed by atoms with Crippen molar-refractivity contribution in [3.05, 3.63) is 35.5 Å². The Kier molecular flexibility index (Phi) is 2.27. The molecule has 66 valence electrons. The van der Waals surface area contributed by atoms with Gasteiger partial charge in [0, 0.05) is 0 Å². The van der Waals surface area contributed by atoms with Crippen LogP contribution in [-0.2, 0) is 0 Å². The first kappa shape index (κ1) is 9.31. The molecule has 0 radical (unpaired) electrons. The smallest absolute Gasteiger partial charge is 0.00563 e. The van der Waals surface area contributed by atoms with Gasteiger partial charge in [0.05, 0.1) is 0 Å². The summed E-state index contributed by atoms with van der Waals surface area (Å²) in [4.78, 5) is 0. The molecule has 1 rings (SSSR count). The van der Waals surface area contributed by atoms with Crippen LogP contribution in [0.15, 0.2) is 35.5 Å². The van der Waals surface area contributed by atoms with E-state index >= 15 is 0 Å². The van der Waals surface area contributed by atoms with Gasteiger partial charge in [-0.15, -0.1) is 0 Å². The first-order chi connectivity index (χ1) is 5.41. The Morgan fingerprint density at radius 1 is 1.33 bits per heavy atom. The first-order valence-electron chi connectivity index (χ1n) is 4.47. The zero-order valence-electron chi connectivity index (χ0n) is 8.57. The maximum absolute atomic E-state index is 3.95. The summed E-state index contributed by atoms with van der Waals surface area (Å²) < 4.78 is 0. The highest BCUT2D eigenvalue weighted by Gasteiger charge is 2.20. The topological polar surface area (TPSA) is 0 Å². The minimum absolute atomic E-state index is 0.313. The molecule has 0 nitrogen and oxygen atoms in total. The Morgan fingerprint density at radius 3 is 2.17 bits per heavy atom. The molecule has 1 aliphatic rings. The molecular weight excluding hydrogens is 144 g/mol. The molecular formula is C12H18. The number of rotatable bonds is 1. The van der Waals surface area contributed by atoms with Crippen LogP contribution in [0.4, 0.5) is 0 Å². The van der Waals surface area contributed by atoms with E-state index in [2.05, 4.69) is 46.4 Å². The second-order valence-electron chi connectivity index (χ2n) is 4.59. The third kappa shape index (κ3) is 1.88. The molecule has 0 atom stereocenters. The molecule has 12 heavy (non-hydrogen) atoms. The average Bonchev–Trinajstić information content (AvgIpc) is 2.30. The van der Waals surface area contributed by atoms with E-state index < -0.39 is 0 Å². The van der Waals surface area contributed by atoms with Crippen LogP contribution < -0.4 is 0 Å². The molecule has 0 N–H and O–H groups in total. The van der Waals surface area contributed by atoms with Crippen molar-refractivity contribution < 1.29 is 0 Å². The van der Waals surface area contributed by atoms with Crippen LogP contribution in [0, 0.1) is 5.41 Å². The average molecular weight is 162 g/mol. The van der Waals surface area contributed by atoms with Crippen molar-refractivity contribution in [1.82, 2.24) is 0 Å². The van der Waals surface area contributed by atoms with E-state index in [9.17, 15) is 0 Å². The molecule has 1 aliphatic carbocycles. The van der Waals surface area contributed by atoms with E-state index in [0.29, 0.717) is 5.41 Å². The predicted molar refractivity (Wildman–Crippen MR) is 55.1 cm³/mol. The fraction of sp³-hybridized carbons (Fsp3) is 0.500. The predicted octanol–water partition coefficient (Wildman–Crippen LogP) is 3.87. The highest BCUT2D eigenvalue weighted by atomic mass is 14.3. The summed E-state index contributed by atoms with van der Waals surface area (Å²) in [7, 11) is 0. The van der Waals surface area contributed by atoms with Crippen molar-refractivity contribution in [2.45, 2.75) is 34.1 Å². The van der Waals surface area contributed by atoms with Gasteiger partial charge in [0.2, 0.25) is 0 Å². The zero-order chi connectivity index (χ0) is 9.35. The lowest BCUT2D eigenvalue weighted by atomic mass is 9.84. The third-order valence-corrected chi connectivity index (χ3v) is 2.38. The van der Waals surface area contributed by atoms with Crippen LogP contribution in [0.2, 0.25) is 0 Å². The molecule has 0 amide bonds. The zero-order valence-corrected chi connectivity index (χ0v) is 8.57. The molecule has 0 aromatic heterocycles. The van der Waals surface area contributed by atoms with Gasteiger partial charge >= 0.3 is 0 Å². The first-order valence-corrected chi connectivity index (χ1v) is 4.47. The fourth-order valence-corrected chi connectivity index (χ4v) is 1.33. The molecule has 0 saturated heterocycles. The SMILES string of the molecule is C=C(C)C1=CC=C(C(C)(C)C)C1. The van der Waals surface area contributed by atoms with E-state index in [-0.39, 0.29) is 0 Å². The minimum atomic E-state index is 0.313. The standard InChI is InChI=1S/C12H18/c1-9(2)10-6-7-11(8-10)12(3,4)5/h6-7H,1,8H2,2-5H3. The van der Waals surface area contributed by atoms with Crippen LogP contribution in [0.1, 0.15) is 34.1 Å². The molecule has 0 aliphatic heterocycles. The fourth-order valence-electron chi connectivity index (χ4n) is 1.33. The van der Waals surface area contributed by atoms with Crippen molar-refractivity contribution in [2.24, 2.45) is 5.41 Å². The third-order valence-electron chi connectivity index (χ3n) is 2.38. The number of allylic oxidation sites excluding steroid dienone is 5. The summed E-state index contributed by atoms with van der Waals surface area (Å²) in [6.45, 7) is 12.8. The highest BCUT2D eigenvalue weighted by Crippen LogP contribution is 2.35. The molecule has 0 heterocycles. The monoisotopic (exact) mass is 162 g/mol. The van der Waals surface area contributed by atoms with Crippen molar-refractivity contribution >= 4 is 0 Å². The lowest BCUT2D eigenvalue weighted by Gasteiger charge is -2.21. The minimum Gasteiger partial charge on any atom is -0.0958 e. The Hall–Kier alpha value is -0.780. The van der Waals surface area contributed by atoms with Gasteiger partial charge < -0.3 is 0 Å². The van der Waals surface area contributed by atoms with Gasteiger partial charge in [-0.25, -0.2) is 0 Å². The van der Waals surface area contributed by atoms with E-state index in [1.807, 2.05) is 0 Å². The number of hydrogen-bond donors (Lipinski definition) is 0. The Labute approximate surface area is 75.7 Å². The summed E-state index contributed by atoms with van der Waals surface area (Å²) in [6.07, 6.45) is 5.53. The Bertz CT molecular complexity index is 256. The summed E-state index contributed by atoms with van der Waals surface area (Å²) in [5, 5.41) is 0. The van der Waals surface area contributed by atoms with Gasteiger partial charge in [-0.2, -0.15) is 0 Å². The molecule has 0 fully saturated rings. The van der Waals surface area contributed by atoms with Gasteiger partial charge in [0.15, 0.2) is 0 Å². The maximum Gasteiger partial charge on any atom is -0.00563 e. The van der Waals surface area contributed by atoms with Crippen molar-refractivity contribution in [3.63, 3.8) is 0 Å². The molecule has 0 heteroatoms. The Morgan fingerprint density at radius 2 is 1.92 bits per heavy atom. The molecule has 0 bridgehead atoms. The van der Waals surface area contributed by atoms with Crippen LogP contribution in [0.25, 0.3) is 0 Å². The molecule has 0 spiro atoms. The lowest BCUT2D eigenvalue weighted by Crippen LogP contribution is -2.08. The maximum atomic E-state index is 3.95. The molecule has 0 saturated carbocycles. The lowest BCUT2D eigenvalue weighted by molar-refractivity contribution is 0.495. The van der Waals surface area contributed by atoms with Gasteiger partial charge in [-0.1, -0.05) is 50.6 Å². The molecule has 0 aromatic carbocycles. The van der Waals surface area contributed by atoms with Crippen LogP contribution in [0.5, 0.6) is 0 Å². The van der Waals surface area contributed by atoms with Crippen LogP contribution in [-0.4, -0.2) is 0 Å². The number of hydrogen-bond acceptors (Lipinski definition) is 0. The van der Waals surface area contributed by atoms with Gasteiger partial charge in [0.25, 0.3) is 0 Å². The Balaban J connectivity index is 2.69. The van der Waals surface area contributed by atoms with Crippen molar-refractivity contribution in [3.8, 4) is 0 Å². The molecule has 0 aromatic rings. The van der Waals surface area contributed by atoms with E-state index in [4.69, 9.17) is 0 Å². The van der Waals surface area contributed by atoms with Crippen molar-refractivity contribution in [1.29, 1.82) is 0 Å².